The van der Waals surface area contributed by atoms with Crippen LogP contribution >= 0.6 is 27.5 Å². The Balaban J connectivity index is 2.31. The molecule has 114 valence electrons. The quantitative estimate of drug-likeness (QED) is 0.849. The van der Waals surface area contributed by atoms with Crippen molar-refractivity contribution in [2.24, 2.45) is 5.73 Å². The third-order valence-electron chi connectivity index (χ3n) is 3.47. The van der Waals surface area contributed by atoms with Crippen LogP contribution in [0, 0.1) is 5.82 Å². The number of hydrogen-bond acceptors (Lipinski definition) is 2. The minimum atomic E-state index is -0.357. The summed E-state index contributed by atoms with van der Waals surface area (Å²) in [4.78, 5) is 0. The summed E-state index contributed by atoms with van der Waals surface area (Å²) >= 11 is 9.68. The van der Waals surface area contributed by atoms with Crippen LogP contribution in [0.1, 0.15) is 36.8 Å². The summed E-state index contributed by atoms with van der Waals surface area (Å²) in [6, 6.07) is 4.01. The van der Waals surface area contributed by atoms with E-state index < -0.39 is 0 Å². The van der Waals surface area contributed by atoms with E-state index in [0.29, 0.717) is 11.4 Å². The first-order chi connectivity index (χ1) is 9.97. The predicted molar refractivity (Wildman–Crippen MR) is 87.0 cm³/mol. The van der Waals surface area contributed by atoms with Gasteiger partial charge in [-0.1, -0.05) is 24.6 Å². The molecule has 0 radical (unpaired) electrons. The van der Waals surface area contributed by atoms with Crippen molar-refractivity contribution in [1.29, 1.82) is 0 Å². The molecule has 0 aliphatic heterocycles. The molecule has 1 unspecified atom stereocenters. The van der Waals surface area contributed by atoms with E-state index >= 15 is 0 Å². The normalized spacial score (nSPS) is 12.7. The minimum Gasteiger partial charge on any atom is -0.324 e. The van der Waals surface area contributed by atoms with E-state index in [0.717, 1.165) is 34.4 Å². The number of aryl methyl sites for hydroxylation is 2. The van der Waals surface area contributed by atoms with Crippen LogP contribution in [0.15, 0.2) is 22.7 Å². The van der Waals surface area contributed by atoms with E-state index in [9.17, 15) is 4.39 Å². The second-order valence-electron chi connectivity index (χ2n) is 4.85. The first kappa shape index (κ1) is 16.5. The first-order valence-corrected chi connectivity index (χ1v) is 8.09. The third kappa shape index (κ3) is 3.47. The molecule has 0 aliphatic rings. The largest absolute Gasteiger partial charge is 0.324 e. The maximum absolute atomic E-state index is 13.1. The predicted octanol–water partition coefficient (Wildman–Crippen LogP) is 4.26. The summed E-state index contributed by atoms with van der Waals surface area (Å²) < 4.78 is 16.1. The van der Waals surface area contributed by atoms with Crippen molar-refractivity contribution >= 4 is 27.5 Å². The molecular weight excluding hydrogens is 357 g/mol. The molecule has 0 spiro atoms. The number of nitrogens with zero attached hydrogens (tertiary/aromatic N) is 2. The van der Waals surface area contributed by atoms with Crippen LogP contribution in [0.25, 0.3) is 0 Å². The highest BCUT2D eigenvalue weighted by Crippen LogP contribution is 2.29. The fourth-order valence-corrected chi connectivity index (χ4v) is 3.37. The molecular formula is C15H18BrClFN3. The highest BCUT2D eigenvalue weighted by molar-refractivity contribution is 9.10. The lowest BCUT2D eigenvalue weighted by Gasteiger charge is -2.15. The summed E-state index contributed by atoms with van der Waals surface area (Å²) in [5, 5.41) is 4.91. The second kappa shape index (κ2) is 6.90. The molecule has 6 heteroatoms. The van der Waals surface area contributed by atoms with Gasteiger partial charge in [0.1, 0.15) is 5.82 Å². The number of rotatable bonds is 5. The molecule has 2 aromatic rings. The van der Waals surface area contributed by atoms with E-state index in [4.69, 9.17) is 17.3 Å². The maximum Gasteiger partial charge on any atom is 0.124 e. The van der Waals surface area contributed by atoms with Gasteiger partial charge in [0.2, 0.25) is 0 Å². The number of benzene rings is 1. The van der Waals surface area contributed by atoms with Crippen molar-refractivity contribution < 1.29 is 4.39 Å². The molecule has 1 atom stereocenters. The molecule has 0 aliphatic carbocycles. The van der Waals surface area contributed by atoms with Gasteiger partial charge in [0.15, 0.2) is 0 Å². The molecule has 3 nitrogen and oxygen atoms in total. The molecule has 0 amide bonds. The topological polar surface area (TPSA) is 43.8 Å². The SMILES string of the molecule is CCc1nn(CC)c(CC(N)c2ccc(F)cc2Cl)c1Br. The van der Waals surface area contributed by atoms with Crippen LogP contribution in [0.4, 0.5) is 4.39 Å². The Morgan fingerprint density at radius 1 is 1.43 bits per heavy atom. The van der Waals surface area contributed by atoms with Crippen molar-refractivity contribution in [3.63, 3.8) is 0 Å². The van der Waals surface area contributed by atoms with E-state index in [2.05, 4.69) is 28.0 Å². The lowest BCUT2D eigenvalue weighted by atomic mass is 10.0. The molecule has 2 N–H and O–H groups in total. The number of aromatic nitrogens is 2. The Labute approximate surface area is 137 Å². The van der Waals surface area contributed by atoms with Gasteiger partial charge in [-0.15, -0.1) is 0 Å². The van der Waals surface area contributed by atoms with Crippen molar-refractivity contribution in [2.75, 3.05) is 0 Å². The Morgan fingerprint density at radius 3 is 2.71 bits per heavy atom. The van der Waals surface area contributed by atoms with Gasteiger partial charge in [0.25, 0.3) is 0 Å². The van der Waals surface area contributed by atoms with Crippen LogP contribution in [0.3, 0.4) is 0 Å². The summed E-state index contributed by atoms with van der Waals surface area (Å²) in [7, 11) is 0. The maximum atomic E-state index is 13.1. The van der Waals surface area contributed by atoms with Gasteiger partial charge in [0.05, 0.1) is 15.9 Å². The van der Waals surface area contributed by atoms with Crippen molar-refractivity contribution in [1.82, 2.24) is 9.78 Å². The zero-order valence-electron chi connectivity index (χ0n) is 12.0. The first-order valence-electron chi connectivity index (χ1n) is 6.92. The monoisotopic (exact) mass is 373 g/mol. The third-order valence-corrected chi connectivity index (χ3v) is 4.71. The van der Waals surface area contributed by atoms with E-state index in [1.54, 1.807) is 6.07 Å². The zero-order chi connectivity index (χ0) is 15.6. The molecule has 0 saturated heterocycles. The van der Waals surface area contributed by atoms with Gasteiger partial charge in [-0.25, -0.2) is 4.39 Å². The summed E-state index contributed by atoms with van der Waals surface area (Å²) in [5.74, 6) is -0.357. The number of hydrogen-bond donors (Lipinski definition) is 1. The van der Waals surface area contributed by atoms with Crippen molar-refractivity contribution in [3.8, 4) is 0 Å². The minimum absolute atomic E-state index is 0.305. The zero-order valence-corrected chi connectivity index (χ0v) is 14.4. The summed E-state index contributed by atoms with van der Waals surface area (Å²) in [5.41, 5.74) is 9.06. The molecule has 0 saturated carbocycles. The average molecular weight is 375 g/mol. The van der Waals surface area contributed by atoms with Gasteiger partial charge in [-0.3, -0.25) is 4.68 Å². The van der Waals surface area contributed by atoms with Crippen molar-refractivity contribution in [2.45, 2.75) is 39.3 Å². The molecule has 2 rings (SSSR count). The Kier molecular flexibility index (Phi) is 5.41. The van der Waals surface area contributed by atoms with Crippen LogP contribution in [0.5, 0.6) is 0 Å². The number of halogens is 3. The van der Waals surface area contributed by atoms with Gasteiger partial charge < -0.3 is 5.73 Å². The molecule has 21 heavy (non-hydrogen) atoms. The lowest BCUT2D eigenvalue weighted by Crippen LogP contribution is -2.17. The van der Waals surface area contributed by atoms with Gasteiger partial charge in [-0.05, 0) is 47.0 Å². The molecule has 0 fully saturated rings. The molecule has 0 bridgehead atoms. The fraction of sp³-hybridized carbons (Fsp3) is 0.400. The Bertz CT molecular complexity index is 642. The van der Waals surface area contributed by atoms with Crippen LogP contribution in [0.2, 0.25) is 5.02 Å². The van der Waals surface area contributed by atoms with E-state index in [-0.39, 0.29) is 11.9 Å². The number of nitrogens with two attached hydrogens (primary N) is 1. The standard InChI is InChI=1S/C15H18BrClFN3/c1-3-13-15(16)14(21(4-2)20-13)8-12(19)10-6-5-9(18)7-11(10)17/h5-7,12H,3-4,8,19H2,1-2H3. The van der Waals surface area contributed by atoms with Gasteiger partial charge in [0, 0.05) is 24.0 Å². The lowest BCUT2D eigenvalue weighted by molar-refractivity contribution is 0.583. The van der Waals surface area contributed by atoms with Crippen LogP contribution in [-0.2, 0) is 19.4 Å². The van der Waals surface area contributed by atoms with E-state index in [1.165, 1.54) is 12.1 Å². The highest BCUT2D eigenvalue weighted by Gasteiger charge is 2.19. The molecule has 1 aromatic carbocycles. The fourth-order valence-electron chi connectivity index (χ4n) is 2.33. The van der Waals surface area contributed by atoms with Gasteiger partial charge in [-0.2, -0.15) is 5.10 Å². The molecule has 1 heterocycles. The molecule has 1 aromatic heterocycles. The van der Waals surface area contributed by atoms with Crippen LogP contribution in [-0.4, -0.2) is 9.78 Å². The Hall–Kier alpha value is -0.910. The van der Waals surface area contributed by atoms with Gasteiger partial charge >= 0.3 is 0 Å². The average Bonchev–Trinajstić information content (AvgIpc) is 2.75. The smallest absolute Gasteiger partial charge is 0.124 e. The Morgan fingerprint density at radius 2 is 2.14 bits per heavy atom. The summed E-state index contributed by atoms with van der Waals surface area (Å²) in [6.45, 7) is 4.88. The van der Waals surface area contributed by atoms with Crippen molar-refractivity contribution in [3.05, 3.63) is 50.5 Å². The summed E-state index contributed by atoms with van der Waals surface area (Å²) in [6.07, 6.45) is 1.44. The van der Waals surface area contributed by atoms with Crippen LogP contribution < -0.4 is 5.73 Å². The highest BCUT2D eigenvalue weighted by atomic mass is 79.9. The van der Waals surface area contributed by atoms with E-state index in [1.807, 2.05) is 11.6 Å². The second-order valence-corrected chi connectivity index (χ2v) is 6.05.